The van der Waals surface area contributed by atoms with Crippen molar-refractivity contribution in [2.24, 2.45) is 4.99 Å². The van der Waals surface area contributed by atoms with Crippen LogP contribution in [0.1, 0.15) is 5.56 Å². The molecule has 0 amide bonds. The van der Waals surface area contributed by atoms with E-state index < -0.39 is 5.82 Å². The number of hydrogen-bond donors (Lipinski definition) is 0. The zero-order valence-corrected chi connectivity index (χ0v) is 7.02. The molecule has 1 rings (SSSR count). The van der Waals surface area contributed by atoms with Gasteiger partial charge in [0.25, 0.3) is 0 Å². The fourth-order valence-corrected chi connectivity index (χ4v) is 0.969. The topological polar surface area (TPSA) is 29.4 Å². The molecule has 0 aliphatic carbocycles. The molecule has 0 atom stereocenters. The highest BCUT2D eigenvalue weighted by atomic mass is 35.5. The lowest BCUT2D eigenvalue weighted by Gasteiger charge is -1.98. The first-order valence-corrected chi connectivity index (χ1v) is 3.56. The molecule has 0 saturated carbocycles. The second-order valence-corrected chi connectivity index (χ2v) is 2.66. The van der Waals surface area contributed by atoms with E-state index >= 15 is 0 Å². The molecule has 4 heteroatoms. The van der Waals surface area contributed by atoms with Crippen molar-refractivity contribution in [3.8, 4) is 0 Å². The third kappa shape index (κ3) is 1.70. The minimum Gasteiger partial charge on any atom is -0.211 e. The van der Waals surface area contributed by atoms with Crippen LogP contribution in [0.2, 0.25) is 5.02 Å². The SMILES string of the molecule is Cc1cc(N=C=O)c(Cl)cc1F. The van der Waals surface area contributed by atoms with Crippen molar-refractivity contribution in [1.82, 2.24) is 0 Å². The van der Waals surface area contributed by atoms with Crippen LogP contribution < -0.4 is 0 Å². The van der Waals surface area contributed by atoms with Gasteiger partial charge in [0.15, 0.2) is 0 Å². The average molecular weight is 186 g/mol. The summed E-state index contributed by atoms with van der Waals surface area (Å²) in [4.78, 5) is 13.2. The highest BCUT2D eigenvalue weighted by molar-refractivity contribution is 6.33. The Morgan fingerprint density at radius 2 is 2.25 bits per heavy atom. The van der Waals surface area contributed by atoms with Crippen molar-refractivity contribution in [1.29, 1.82) is 0 Å². The van der Waals surface area contributed by atoms with Gasteiger partial charge in [-0.2, -0.15) is 4.99 Å². The van der Waals surface area contributed by atoms with E-state index in [1.165, 1.54) is 12.1 Å². The molecule has 0 fully saturated rings. The lowest BCUT2D eigenvalue weighted by molar-refractivity contribution is 0.565. The van der Waals surface area contributed by atoms with Crippen LogP contribution in [0.15, 0.2) is 17.1 Å². The fraction of sp³-hybridized carbons (Fsp3) is 0.125. The summed E-state index contributed by atoms with van der Waals surface area (Å²) in [5.74, 6) is -0.412. The molecule has 2 nitrogen and oxygen atoms in total. The molecule has 62 valence electrons. The summed E-state index contributed by atoms with van der Waals surface area (Å²) in [5.41, 5.74) is 0.638. The second-order valence-electron chi connectivity index (χ2n) is 2.26. The molecular weight excluding hydrogens is 181 g/mol. The Kier molecular flexibility index (Phi) is 2.58. The first-order valence-electron chi connectivity index (χ1n) is 3.18. The summed E-state index contributed by atoms with van der Waals surface area (Å²) in [7, 11) is 0. The smallest absolute Gasteiger partial charge is 0.211 e. The van der Waals surface area contributed by atoms with E-state index in [-0.39, 0.29) is 10.7 Å². The molecular formula is C8H5ClFNO. The van der Waals surface area contributed by atoms with Gasteiger partial charge in [0.1, 0.15) is 5.82 Å². The van der Waals surface area contributed by atoms with Gasteiger partial charge in [-0.1, -0.05) is 11.6 Å². The van der Waals surface area contributed by atoms with Crippen LogP contribution in [0.5, 0.6) is 0 Å². The third-order valence-electron chi connectivity index (χ3n) is 1.39. The molecule has 0 aliphatic heterocycles. The van der Waals surface area contributed by atoms with Crippen LogP contribution in [-0.2, 0) is 4.79 Å². The number of carbonyl (C=O) groups excluding carboxylic acids is 1. The largest absolute Gasteiger partial charge is 0.240 e. The molecule has 0 heterocycles. The summed E-state index contributed by atoms with van der Waals surface area (Å²) in [6.45, 7) is 1.56. The molecule has 0 aliphatic rings. The highest BCUT2D eigenvalue weighted by Crippen LogP contribution is 2.26. The maximum atomic E-state index is 12.8. The van der Waals surface area contributed by atoms with Crippen LogP contribution in [-0.4, -0.2) is 6.08 Å². The number of hydrogen-bond acceptors (Lipinski definition) is 2. The summed E-state index contributed by atoms with van der Waals surface area (Å²) in [6, 6.07) is 2.51. The van der Waals surface area contributed by atoms with Gasteiger partial charge in [-0.05, 0) is 24.6 Å². The number of nitrogens with zero attached hydrogens (tertiary/aromatic N) is 1. The standard InChI is InChI=1S/C8H5ClFNO/c1-5-2-8(11-4-12)6(9)3-7(5)10/h2-3H,1H3. The summed E-state index contributed by atoms with van der Waals surface area (Å²) in [6.07, 6.45) is 1.34. The summed E-state index contributed by atoms with van der Waals surface area (Å²) >= 11 is 5.57. The molecule has 0 radical (unpaired) electrons. The quantitative estimate of drug-likeness (QED) is 0.489. The first kappa shape index (κ1) is 8.91. The van der Waals surface area contributed by atoms with E-state index in [1.807, 2.05) is 0 Å². The van der Waals surface area contributed by atoms with Crippen molar-refractivity contribution in [2.45, 2.75) is 6.92 Å². The Morgan fingerprint density at radius 3 is 2.83 bits per heavy atom. The summed E-state index contributed by atoms with van der Waals surface area (Å²) < 4.78 is 12.8. The van der Waals surface area contributed by atoms with Crippen LogP contribution in [0.3, 0.4) is 0 Å². The van der Waals surface area contributed by atoms with E-state index in [4.69, 9.17) is 11.6 Å². The Bertz CT molecular complexity index is 358. The van der Waals surface area contributed by atoms with Crippen LogP contribution in [0.25, 0.3) is 0 Å². The van der Waals surface area contributed by atoms with E-state index in [2.05, 4.69) is 4.99 Å². The predicted octanol–water partition coefficient (Wildman–Crippen LogP) is 2.75. The van der Waals surface area contributed by atoms with Gasteiger partial charge in [-0.25, -0.2) is 9.18 Å². The molecule has 0 aromatic heterocycles. The lowest BCUT2D eigenvalue weighted by Crippen LogP contribution is -1.81. The van der Waals surface area contributed by atoms with Gasteiger partial charge in [0.05, 0.1) is 10.7 Å². The van der Waals surface area contributed by atoms with E-state index in [0.29, 0.717) is 5.56 Å². The number of rotatable bonds is 1. The Labute approximate surface area is 73.7 Å². The third-order valence-corrected chi connectivity index (χ3v) is 1.70. The average Bonchev–Trinajstić information content (AvgIpc) is 2.01. The number of benzene rings is 1. The van der Waals surface area contributed by atoms with Gasteiger partial charge in [0.2, 0.25) is 6.08 Å². The predicted molar refractivity (Wildman–Crippen MR) is 43.9 cm³/mol. The molecule has 0 N–H and O–H groups in total. The molecule has 0 bridgehead atoms. The first-order chi connectivity index (χ1) is 5.65. The Morgan fingerprint density at radius 1 is 1.58 bits per heavy atom. The molecule has 1 aromatic rings. The second kappa shape index (κ2) is 3.48. The Hall–Kier alpha value is -1.18. The minimum atomic E-state index is -0.412. The van der Waals surface area contributed by atoms with Gasteiger partial charge in [-0.3, -0.25) is 0 Å². The van der Waals surface area contributed by atoms with Crippen LogP contribution in [0, 0.1) is 12.7 Å². The lowest BCUT2D eigenvalue weighted by atomic mass is 10.2. The number of halogens is 2. The highest BCUT2D eigenvalue weighted by Gasteiger charge is 2.03. The van der Waals surface area contributed by atoms with Crippen molar-refractivity contribution < 1.29 is 9.18 Å². The molecule has 0 spiro atoms. The van der Waals surface area contributed by atoms with Gasteiger partial charge < -0.3 is 0 Å². The maximum absolute atomic E-state index is 12.8. The van der Waals surface area contributed by atoms with E-state index in [0.717, 1.165) is 6.07 Å². The van der Waals surface area contributed by atoms with Gasteiger partial charge >= 0.3 is 0 Å². The van der Waals surface area contributed by atoms with Crippen molar-refractivity contribution in [2.75, 3.05) is 0 Å². The molecule has 1 aromatic carbocycles. The van der Waals surface area contributed by atoms with Gasteiger partial charge in [-0.15, -0.1) is 0 Å². The number of isocyanates is 1. The van der Waals surface area contributed by atoms with Crippen LogP contribution in [0.4, 0.5) is 10.1 Å². The summed E-state index contributed by atoms with van der Waals surface area (Å²) in [5, 5.41) is 0.112. The van der Waals surface area contributed by atoms with Crippen molar-refractivity contribution in [3.05, 3.63) is 28.5 Å². The van der Waals surface area contributed by atoms with Crippen LogP contribution >= 0.6 is 11.6 Å². The zero-order valence-electron chi connectivity index (χ0n) is 6.27. The molecule has 0 unspecified atom stereocenters. The van der Waals surface area contributed by atoms with Gasteiger partial charge in [0, 0.05) is 0 Å². The van der Waals surface area contributed by atoms with Crippen molar-refractivity contribution in [3.63, 3.8) is 0 Å². The molecule has 12 heavy (non-hydrogen) atoms. The maximum Gasteiger partial charge on any atom is 0.240 e. The zero-order chi connectivity index (χ0) is 9.14. The Balaban J connectivity index is 3.32. The van der Waals surface area contributed by atoms with E-state index in [1.54, 1.807) is 6.92 Å². The normalized spacial score (nSPS) is 9.25. The monoisotopic (exact) mass is 185 g/mol. The van der Waals surface area contributed by atoms with E-state index in [9.17, 15) is 9.18 Å². The minimum absolute atomic E-state index is 0.112. The fourth-order valence-electron chi connectivity index (χ4n) is 0.777. The number of aliphatic imine (C=N–C) groups is 1. The number of aryl methyl sites for hydroxylation is 1. The molecule has 0 saturated heterocycles. The van der Waals surface area contributed by atoms with Crippen molar-refractivity contribution >= 4 is 23.4 Å².